The quantitative estimate of drug-likeness (QED) is 0.410. The first-order chi connectivity index (χ1) is 13.1. The minimum atomic E-state index is -1.27. The van der Waals surface area contributed by atoms with E-state index in [0.717, 1.165) is 11.1 Å². The summed E-state index contributed by atoms with van der Waals surface area (Å²) in [5, 5.41) is 16.4. The maximum atomic E-state index is 11.8. The molecule has 0 radical (unpaired) electrons. The van der Waals surface area contributed by atoms with Crippen LogP contribution >= 0.6 is 11.6 Å². The molecule has 2 amide bonds. The molecule has 0 aromatic heterocycles. The maximum absolute atomic E-state index is 11.8. The number of amides is 2. The fourth-order valence-corrected chi connectivity index (χ4v) is 3.01. The molecule has 0 saturated carbocycles. The topological polar surface area (TPSA) is 111 Å². The van der Waals surface area contributed by atoms with Gasteiger partial charge in [-0.15, -0.1) is 0 Å². The van der Waals surface area contributed by atoms with Crippen molar-refractivity contribution in [3.05, 3.63) is 80.4 Å². The molecule has 1 atom stereocenters. The van der Waals surface area contributed by atoms with Crippen LogP contribution in [-0.2, 0) is 0 Å². The lowest BCUT2D eigenvalue weighted by Crippen LogP contribution is -2.39. The second kappa shape index (κ2) is 8.84. The summed E-state index contributed by atoms with van der Waals surface area (Å²) in [6.45, 7) is 5.12. The second-order valence-corrected chi connectivity index (χ2v) is 7.56. The van der Waals surface area contributed by atoms with Gasteiger partial charge in [0.2, 0.25) is 5.54 Å². The summed E-state index contributed by atoms with van der Waals surface area (Å²) in [6, 6.07) is 13.7. The van der Waals surface area contributed by atoms with Crippen LogP contribution in [0.2, 0.25) is 5.02 Å². The summed E-state index contributed by atoms with van der Waals surface area (Å²) >= 11 is 5.96. The predicted molar refractivity (Wildman–Crippen MR) is 110 cm³/mol. The van der Waals surface area contributed by atoms with E-state index in [0.29, 0.717) is 16.3 Å². The minimum absolute atomic E-state index is 0.221. The predicted octanol–water partition coefficient (Wildman–Crippen LogP) is 4.25. The second-order valence-electron chi connectivity index (χ2n) is 7.12. The van der Waals surface area contributed by atoms with Crippen molar-refractivity contribution in [2.75, 3.05) is 0 Å². The number of rotatable bonds is 7. The fourth-order valence-electron chi connectivity index (χ4n) is 2.89. The zero-order valence-electron chi connectivity index (χ0n) is 16.0. The monoisotopic (exact) mass is 402 g/mol. The summed E-state index contributed by atoms with van der Waals surface area (Å²) in [6.07, 6.45) is 0.221. The number of hydrogen-bond acceptors (Lipinski definition) is 4. The zero-order valence-corrected chi connectivity index (χ0v) is 16.7. The van der Waals surface area contributed by atoms with E-state index < -0.39 is 17.5 Å². The van der Waals surface area contributed by atoms with Gasteiger partial charge in [-0.25, -0.2) is 10.2 Å². The van der Waals surface area contributed by atoms with Crippen molar-refractivity contribution in [2.45, 2.75) is 38.6 Å². The molecule has 8 heteroatoms. The van der Waals surface area contributed by atoms with E-state index in [2.05, 4.69) is 10.5 Å². The molecule has 0 aliphatic heterocycles. The van der Waals surface area contributed by atoms with E-state index in [1.807, 2.05) is 31.2 Å². The van der Waals surface area contributed by atoms with Gasteiger partial charge in [-0.05, 0) is 30.2 Å². The normalized spacial score (nSPS) is 13.1. The molecule has 0 fully saturated rings. The van der Waals surface area contributed by atoms with Crippen LogP contribution in [0.15, 0.2) is 53.6 Å². The molecule has 0 saturated heterocycles. The largest absolute Gasteiger partial charge is 0.350 e. The smallest absolute Gasteiger partial charge is 0.332 e. The fraction of sp³-hybridized carbons (Fsp3) is 0.300. The third-order valence-electron chi connectivity index (χ3n) is 4.68. The maximum Gasteiger partial charge on any atom is 0.332 e. The first-order valence-corrected chi connectivity index (χ1v) is 9.08. The highest BCUT2D eigenvalue weighted by Gasteiger charge is 2.42. The Morgan fingerprint density at radius 3 is 2.29 bits per heavy atom. The molecule has 1 unspecified atom stereocenters. The molecule has 0 aliphatic carbocycles. The Kier molecular flexibility index (Phi) is 6.75. The van der Waals surface area contributed by atoms with E-state index >= 15 is 0 Å². The first kappa shape index (κ1) is 21.4. The van der Waals surface area contributed by atoms with Crippen LogP contribution in [0.1, 0.15) is 42.9 Å². The van der Waals surface area contributed by atoms with Crippen molar-refractivity contribution in [2.24, 2.45) is 10.8 Å². The Labute approximate surface area is 168 Å². The molecule has 3 N–H and O–H groups in total. The number of aryl methyl sites for hydroxylation is 1. The summed E-state index contributed by atoms with van der Waals surface area (Å²) in [7, 11) is 0. The zero-order chi connectivity index (χ0) is 20.9. The lowest BCUT2D eigenvalue weighted by Gasteiger charge is -2.28. The van der Waals surface area contributed by atoms with Crippen LogP contribution in [0, 0.1) is 17.0 Å². The molecule has 2 aromatic rings. The van der Waals surface area contributed by atoms with Crippen LogP contribution in [0.5, 0.6) is 0 Å². The van der Waals surface area contributed by atoms with E-state index in [1.165, 1.54) is 0 Å². The number of hydrogen-bond donors (Lipinski definition) is 2. The molecule has 0 aliphatic rings. The molecule has 28 heavy (non-hydrogen) atoms. The van der Waals surface area contributed by atoms with Gasteiger partial charge in [0, 0.05) is 30.2 Å². The van der Waals surface area contributed by atoms with Crippen molar-refractivity contribution >= 4 is 23.3 Å². The summed E-state index contributed by atoms with van der Waals surface area (Å²) < 4.78 is 0. The van der Waals surface area contributed by atoms with Crippen LogP contribution in [0.4, 0.5) is 4.79 Å². The number of nitrogens with zero attached hydrogens (tertiary/aromatic N) is 2. The number of hydrazone groups is 1. The lowest BCUT2D eigenvalue weighted by molar-refractivity contribution is -0.565. The number of primary amides is 1. The van der Waals surface area contributed by atoms with Crippen molar-refractivity contribution in [1.82, 2.24) is 5.43 Å². The van der Waals surface area contributed by atoms with Gasteiger partial charge in [-0.2, -0.15) is 5.10 Å². The van der Waals surface area contributed by atoms with Gasteiger partial charge < -0.3 is 5.73 Å². The number of nitro groups is 1. The third-order valence-corrected chi connectivity index (χ3v) is 4.93. The number of nitrogens with one attached hydrogen (secondary N) is 1. The van der Waals surface area contributed by atoms with Gasteiger partial charge in [0.05, 0.1) is 11.6 Å². The molecule has 0 heterocycles. The van der Waals surface area contributed by atoms with Crippen LogP contribution in [0.25, 0.3) is 0 Å². The van der Waals surface area contributed by atoms with Crippen LogP contribution < -0.4 is 11.2 Å². The molecule has 0 spiro atoms. The summed E-state index contributed by atoms with van der Waals surface area (Å²) in [5.74, 6) is -0.493. The Bertz CT molecular complexity index is 877. The number of carbonyl (C=O) groups excluding carboxylic acids is 1. The van der Waals surface area contributed by atoms with Gasteiger partial charge in [0.1, 0.15) is 0 Å². The standard InChI is InChI=1S/C20H23ClN4O3/c1-13-4-6-14(7-5-13)17(20(2,3)25(27)28)12-18(23-24-19(22)26)15-8-10-16(21)11-9-15/h4-11,17H,12H2,1-3H3,(H3,22,24,26)/b23-18+. The van der Waals surface area contributed by atoms with Crippen molar-refractivity contribution in [3.8, 4) is 0 Å². The Hall–Kier alpha value is -2.93. The first-order valence-electron chi connectivity index (χ1n) is 8.70. The molecule has 148 valence electrons. The number of benzene rings is 2. The highest BCUT2D eigenvalue weighted by Crippen LogP contribution is 2.35. The number of urea groups is 1. The molecule has 2 aromatic carbocycles. The molecular formula is C20H23ClN4O3. The Balaban J connectivity index is 2.51. The Morgan fingerprint density at radius 2 is 1.79 bits per heavy atom. The SMILES string of the molecule is Cc1ccc(C(C/C(=N\NC(N)=O)c2ccc(Cl)cc2)C(C)(C)[N+](=O)[O-])cc1. The highest BCUT2D eigenvalue weighted by molar-refractivity contribution is 6.30. The molecular weight excluding hydrogens is 380 g/mol. The average molecular weight is 403 g/mol. The van der Waals surface area contributed by atoms with E-state index in [-0.39, 0.29) is 11.3 Å². The van der Waals surface area contributed by atoms with Crippen molar-refractivity contribution in [3.63, 3.8) is 0 Å². The van der Waals surface area contributed by atoms with E-state index in [9.17, 15) is 14.9 Å². The van der Waals surface area contributed by atoms with Gasteiger partial charge in [-0.3, -0.25) is 10.1 Å². The molecule has 0 bridgehead atoms. The molecule has 2 rings (SSSR count). The number of carbonyl (C=O) groups is 1. The number of nitrogens with two attached hydrogens (primary N) is 1. The molecule has 7 nitrogen and oxygen atoms in total. The summed E-state index contributed by atoms with van der Waals surface area (Å²) in [5.41, 5.74) is 9.14. The average Bonchev–Trinajstić information content (AvgIpc) is 2.63. The number of halogens is 1. The summed E-state index contributed by atoms with van der Waals surface area (Å²) in [4.78, 5) is 22.7. The van der Waals surface area contributed by atoms with Gasteiger partial charge in [0.15, 0.2) is 0 Å². The van der Waals surface area contributed by atoms with Gasteiger partial charge in [0.25, 0.3) is 0 Å². The lowest BCUT2D eigenvalue weighted by atomic mass is 9.78. The van der Waals surface area contributed by atoms with E-state index in [1.54, 1.807) is 38.1 Å². The minimum Gasteiger partial charge on any atom is -0.350 e. The highest BCUT2D eigenvalue weighted by atomic mass is 35.5. The van der Waals surface area contributed by atoms with Gasteiger partial charge in [-0.1, -0.05) is 53.6 Å². The van der Waals surface area contributed by atoms with Crippen molar-refractivity contribution in [1.29, 1.82) is 0 Å². The third kappa shape index (κ3) is 5.29. The van der Waals surface area contributed by atoms with Crippen LogP contribution in [-0.4, -0.2) is 22.2 Å². The van der Waals surface area contributed by atoms with Gasteiger partial charge >= 0.3 is 6.03 Å². The van der Waals surface area contributed by atoms with Crippen molar-refractivity contribution < 1.29 is 9.72 Å². The van der Waals surface area contributed by atoms with E-state index in [4.69, 9.17) is 17.3 Å². The van der Waals surface area contributed by atoms with Crippen LogP contribution in [0.3, 0.4) is 0 Å². The Morgan fingerprint density at radius 1 is 1.21 bits per heavy atom.